The summed E-state index contributed by atoms with van der Waals surface area (Å²) in [5.74, 6) is 0.819. The van der Waals surface area contributed by atoms with Gasteiger partial charge in [-0.25, -0.2) is 4.98 Å². The second kappa shape index (κ2) is 5.93. The smallest absolute Gasteiger partial charge is 0.191 e. The molecule has 1 aliphatic rings. The topological polar surface area (TPSA) is 58.5 Å². The standard InChI is InChI=1S/C15H26N4OS/c1-10-9-21-12(18-10)8-17-13(16-5)19-11-7-15(4,20-6)14(11,2)3/h9,11H,7-8H2,1-6H3,(H2,16,17,19). The van der Waals surface area contributed by atoms with Gasteiger partial charge >= 0.3 is 0 Å². The van der Waals surface area contributed by atoms with E-state index in [1.165, 1.54) is 0 Å². The average Bonchev–Trinajstić information content (AvgIpc) is 2.87. The van der Waals surface area contributed by atoms with Crippen molar-refractivity contribution in [3.05, 3.63) is 16.1 Å². The van der Waals surface area contributed by atoms with Gasteiger partial charge in [0.2, 0.25) is 0 Å². The van der Waals surface area contributed by atoms with Gasteiger partial charge in [0.15, 0.2) is 5.96 Å². The molecule has 0 spiro atoms. The summed E-state index contributed by atoms with van der Waals surface area (Å²) in [7, 11) is 3.58. The quantitative estimate of drug-likeness (QED) is 0.662. The van der Waals surface area contributed by atoms with E-state index in [1.54, 1.807) is 25.5 Å². The molecule has 1 saturated carbocycles. The van der Waals surface area contributed by atoms with E-state index in [4.69, 9.17) is 4.74 Å². The number of methoxy groups -OCH3 is 1. The second-order valence-electron chi connectivity index (χ2n) is 6.37. The van der Waals surface area contributed by atoms with Crippen LogP contribution in [0, 0.1) is 12.3 Å². The van der Waals surface area contributed by atoms with E-state index in [9.17, 15) is 0 Å². The van der Waals surface area contributed by atoms with Gasteiger partial charge in [-0.3, -0.25) is 4.99 Å². The number of nitrogens with zero attached hydrogens (tertiary/aromatic N) is 2. The van der Waals surface area contributed by atoms with E-state index in [0.29, 0.717) is 12.6 Å². The molecular weight excluding hydrogens is 284 g/mol. The number of ether oxygens (including phenoxy) is 1. The van der Waals surface area contributed by atoms with Gasteiger partial charge < -0.3 is 15.4 Å². The maximum atomic E-state index is 5.66. The normalized spacial score (nSPS) is 28.1. The average molecular weight is 310 g/mol. The van der Waals surface area contributed by atoms with Gasteiger partial charge in [0.05, 0.1) is 12.1 Å². The van der Waals surface area contributed by atoms with Crippen LogP contribution in [0.5, 0.6) is 0 Å². The van der Waals surface area contributed by atoms with E-state index in [0.717, 1.165) is 23.1 Å². The first-order chi connectivity index (χ1) is 9.82. The zero-order valence-electron chi connectivity index (χ0n) is 13.8. The summed E-state index contributed by atoms with van der Waals surface area (Å²) >= 11 is 1.67. The fraction of sp³-hybridized carbons (Fsp3) is 0.733. The molecule has 0 amide bonds. The first-order valence-corrected chi connectivity index (χ1v) is 8.13. The monoisotopic (exact) mass is 310 g/mol. The molecule has 0 aromatic carbocycles. The Bertz CT molecular complexity index is 525. The van der Waals surface area contributed by atoms with Crippen molar-refractivity contribution in [3.63, 3.8) is 0 Å². The zero-order valence-corrected chi connectivity index (χ0v) is 14.6. The van der Waals surface area contributed by atoms with Gasteiger partial charge in [-0.1, -0.05) is 13.8 Å². The van der Waals surface area contributed by atoms with Crippen LogP contribution in [0.1, 0.15) is 37.9 Å². The first-order valence-electron chi connectivity index (χ1n) is 7.26. The molecule has 2 rings (SSSR count). The number of aryl methyl sites for hydroxylation is 1. The predicted molar refractivity (Wildman–Crippen MR) is 87.8 cm³/mol. The van der Waals surface area contributed by atoms with Crippen molar-refractivity contribution in [1.82, 2.24) is 15.6 Å². The lowest BCUT2D eigenvalue weighted by Crippen LogP contribution is -2.69. The van der Waals surface area contributed by atoms with E-state index in [1.807, 2.05) is 6.92 Å². The maximum Gasteiger partial charge on any atom is 0.191 e. The maximum absolute atomic E-state index is 5.66. The van der Waals surface area contributed by atoms with E-state index in [2.05, 4.69) is 46.8 Å². The summed E-state index contributed by atoms with van der Waals surface area (Å²) in [6, 6.07) is 0.353. The van der Waals surface area contributed by atoms with Crippen molar-refractivity contribution in [2.75, 3.05) is 14.2 Å². The molecule has 1 fully saturated rings. The highest BCUT2D eigenvalue weighted by Gasteiger charge is 2.58. The predicted octanol–water partition coefficient (Wildman–Crippen LogP) is 2.32. The van der Waals surface area contributed by atoms with Crippen LogP contribution in [0.25, 0.3) is 0 Å². The van der Waals surface area contributed by atoms with Crippen LogP contribution in [0.3, 0.4) is 0 Å². The summed E-state index contributed by atoms with van der Waals surface area (Å²) in [4.78, 5) is 8.75. The third-order valence-corrected chi connectivity index (χ3v) is 5.85. The lowest BCUT2D eigenvalue weighted by atomic mass is 9.56. The Balaban J connectivity index is 1.89. The van der Waals surface area contributed by atoms with Crippen molar-refractivity contribution in [2.24, 2.45) is 10.4 Å². The number of hydrogen-bond acceptors (Lipinski definition) is 4. The fourth-order valence-corrected chi connectivity index (χ4v) is 3.44. The molecular formula is C15H26N4OS. The molecule has 21 heavy (non-hydrogen) atoms. The summed E-state index contributed by atoms with van der Waals surface area (Å²) in [5.41, 5.74) is 1.06. The second-order valence-corrected chi connectivity index (χ2v) is 7.31. The van der Waals surface area contributed by atoms with Crippen LogP contribution in [0.4, 0.5) is 0 Å². The number of guanidine groups is 1. The van der Waals surface area contributed by atoms with Crippen molar-refractivity contribution in [1.29, 1.82) is 0 Å². The summed E-state index contributed by atoms with van der Waals surface area (Å²) < 4.78 is 5.66. The number of aliphatic imine (C=N–C) groups is 1. The molecule has 1 aromatic heterocycles. The zero-order chi connectivity index (χ0) is 15.7. The van der Waals surface area contributed by atoms with Crippen LogP contribution < -0.4 is 10.6 Å². The Morgan fingerprint density at radius 1 is 1.52 bits per heavy atom. The number of thiazole rings is 1. The molecule has 0 saturated heterocycles. The Morgan fingerprint density at radius 2 is 2.24 bits per heavy atom. The molecule has 0 bridgehead atoms. The molecule has 118 valence electrons. The van der Waals surface area contributed by atoms with Crippen molar-refractivity contribution >= 4 is 17.3 Å². The van der Waals surface area contributed by atoms with Crippen molar-refractivity contribution in [2.45, 2.75) is 52.3 Å². The number of rotatable bonds is 4. The highest BCUT2D eigenvalue weighted by Crippen LogP contribution is 2.51. The Labute approximate surface area is 131 Å². The summed E-state index contributed by atoms with van der Waals surface area (Å²) in [6.07, 6.45) is 0.980. The third-order valence-electron chi connectivity index (χ3n) is 4.89. The minimum Gasteiger partial charge on any atom is -0.378 e. The van der Waals surface area contributed by atoms with Gasteiger partial charge in [-0.15, -0.1) is 11.3 Å². The van der Waals surface area contributed by atoms with Crippen molar-refractivity contribution < 1.29 is 4.74 Å². The molecule has 5 nitrogen and oxygen atoms in total. The molecule has 1 aromatic rings. The van der Waals surface area contributed by atoms with Gasteiger partial charge in [-0.05, 0) is 20.3 Å². The molecule has 1 aliphatic carbocycles. The third kappa shape index (κ3) is 3.06. The molecule has 2 atom stereocenters. The molecule has 2 N–H and O–H groups in total. The van der Waals surface area contributed by atoms with Crippen LogP contribution >= 0.6 is 11.3 Å². The van der Waals surface area contributed by atoms with Crippen LogP contribution in [0.15, 0.2) is 10.4 Å². The molecule has 6 heteroatoms. The fourth-order valence-electron chi connectivity index (χ4n) is 2.73. The summed E-state index contributed by atoms with van der Waals surface area (Å²) in [5, 5.41) is 9.96. The highest BCUT2D eigenvalue weighted by molar-refractivity contribution is 7.09. The molecule has 0 aliphatic heterocycles. The van der Waals surface area contributed by atoms with Crippen LogP contribution in [-0.2, 0) is 11.3 Å². The minimum atomic E-state index is -0.0735. The van der Waals surface area contributed by atoms with E-state index < -0.39 is 0 Å². The van der Waals surface area contributed by atoms with Gasteiger partial charge in [0.25, 0.3) is 0 Å². The van der Waals surface area contributed by atoms with Crippen LogP contribution in [-0.4, -0.2) is 36.7 Å². The number of hydrogen-bond donors (Lipinski definition) is 2. The Kier molecular flexibility index (Phi) is 4.58. The number of aromatic nitrogens is 1. The Morgan fingerprint density at radius 3 is 2.71 bits per heavy atom. The molecule has 0 radical (unpaired) electrons. The first kappa shape index (κ1) is 16.2. The lowest BCUT2D eigenvalue weighted by Gasteiger charge is -2.59. The van der Waals surface area contributed by atoms with Crippen LogP contribution in [0.2, 0.25) is 0 Å². The highest BCUT2D eigenvalue weighted by atomic mass is 32.1. The van der Waals surface area contributed by atoms with E-state index >= 15 is 0 Å². The minimum absolute atomic E-state index is 0.0666. The SMILES string of the molecule is CN=C(NCc1nc(C)cs1)NC1CC(C)(OC)C1(C)C. The number of nitrogens with one attached hydrogen (secondary N) is 2. The molecule has 1 heterocycles. The summed E-state index contributed by atoms with van der Waals surface area (Å²) in [6.45, 7) is 9.34. The van der Waals surface area contributed by atoms with Gasteiger partial charge in [0, 0.05) is 36.7 Å². The lowest BCUT2D eigenvalue weighted by molar-refractivity contribution is -0.176. The Hall–Kier alpha value is -1.14. The molecule has 2 unspecified atom stereocenters. The van der Waals surface area contributed by atoms with Crippen molar-refractivity contribution in [3.8, 4) is 0 Å². The van der Waals surface area contributed by atoms with Gasteiger partial charge in [-0.2, -0.15) is 0 Å². The van der Waals surface area contributed by atoms with Gasteiger partial charge in [0.1, 0.15) is 5.01 Å². The van der Waals surface area contributed by atoms with E-state index in [-0.39, 0.29) is 11.0 Å². The largest absolute Gasteiger partial charge is 0.378 e.